The molecule has 3 aliphatic rings. The van der Waals surface area contributed by atoms with Crippen molar-refractivity contribution in [2.24, 2.45) is 0 Å². The fraction of sp³-hybridized carbons (Fsp3) is 0.429. The fourth-order valence-corrected chi connectivity index (χ4v) is 6.67. The molecule has 7 nitrogen and oxygen atoms in total. The highest BCUT2D eigenvalue weighted by Crippen LogP contribution is 2.47. The first kappa shape index (κ1) is 22.3. The molecule has 2 atom stereocenters. The molecule has 2 unspecified atom stereocenters. The number of nitrogens with zero attached hydrogens (tertiary/aromatic N) is 2. The van der Waals surface area contributed by atoms with Crippen LogP contribution in [0.4, 0.5) is 4.79 Å². The zero-order valence-corrected chi connectivity index (χ0v) is 19.7. The van der Waals surface area contributed by atoms with Gasteiger partial charge in [-0.2, -0.15) is 0 Å². The van der Waals surface area contributed by atoms with Crippen molar-refractivity contribution in [1.82, 2.24) is 15.1 Å². The average molecular weight is 478 g/mol. The van der Waals surface area contributed by atoms with Gasteiger partial charge in [-0.1, -0.05) is 12.1 Å². The number of amides is 4. The van der Waals surface area contributed by atoms with E-state index in [4.69, 9.17) is 0 Å². The lowest BCUT2D eigenvalue weighted by Gasteiger charge is -2.29. The highest BCUT2D eigenvalue weighted by molar-refractivity contribution is 8.18. The second kappa shape index (κ2) is 8.91. The fourth-order valence-electron chi connectivity index (χ4n) is 3.97. The predicted octanol–water partition coefficient (Wildman–Crippen LogP) is 3.02. The van der Waals surface area contributed by atoms with E-state index in [0.717, 1.165) is 33.5 Å². The Morgan fingerprint density at radius 2 is 2.03 bits per heavy atom. The molecule has 10 heteroatoms. The average Bonchev–Trinajstić information content (AvgIpc) is 3.34. The van der Waals surface area contributed by atoms with Crippen molar-refractivity contribution in [2.45, 2.75) is 35.6 Å². The quantitative estimate of drug-likeness (QED) is 0.498. The first-order valence-corrected chi connectivity index (χ1v) is 13.0. The van der Waals surface area contributed by atoms with Crippen molar-refractivity contribution in [2.75, 3.05) is 25.1 Å². The monoisotopic (exact) mass is 477 g/mol. The Morgan fingerprint density at radius 1 is 1.29 bits per heavy atom. The zero-order valence-electron chi connectivity index (χ0n) is 17.3. The topological polar surface area (TPSA) is 86.8 Å². The van der Waals surface area contributed by atoms with Crippen LogP contribution in [0.25, 0.3) is 6.08 Å². The van der Waals surface area contributed by atoms with Gasteiger partial charge in [0.2, 0.25) is 11.8 Å². The van der Waals surface area contributed by atoms with Crippen LogP contribution in [-0.4, -0.2) is 68.8 Å². The van der Waals surface area contributed by atoms with E-state index in [1.807, 2.05) is 37.4 Å². The molecule has 1 N–H and O–H groups in total. The molecular weight excluding hydrogens is 454 g/mol. The summed E-state index contributed by atoms with van der Waals surface area (Å²) in [6.45, 7) is 2.26. The lowest BCUT2D eigenvalue weighted by atomic mass is 10.2. The van der Waals surface area contributed by atoms with Gasteiger partial charge in [-0.25, -0.2) is 0 Å². The van der Waals surface area contributed by atoms with Gasteiger partial charge in [-0.3, -0.25) is 24.1 Å². The van der Waals surface area contributed by atoms with E-state index in [1.54, 1.807) is 34.5 Å². The van der Waals surface area contributed by atoms with Crippen molar-refractivity contribution in [3.05, 3.63) is 34.7 Å². The van der Waals surface area contributed by atoms with E-state index in [9.17, 15) is 19.2 Å². The zero-order chi connectivity index (χ0) is 22.2. The van der Waals surface area contributed by atoms with Crippen LogP contribution in [0.15, 0.2) is 34.1 Å². The van der Waals surface area contributed by atoms with Gasteiger partial charge >= 0.3 is 0 Å². The summed E-state index contributed by atoms with van der Waals surface area (Å²) in [5, 5.41) is 2.45. The molecule has 1 aromatic rings. The molecule has 1 aromatic carbocycles. The Morgan fingerprint density at radius 3 is 2.74 bits per heavy atom. The number of imide groups is 1. The van der Waals surface area contributed by atoms with Gasteiger partial charge in [-0.05, 0) is 55.1 Å². The summed E-state index contributed by atoms with van der Waals surface area (Å²) in [4.78, 5) is 53.8. The van der Waals surface area contributed by atoms with Gasteiger partial charge in [0.05, 0.1) is 9.78 Å². The highest BCUT2D eigenvalue weighted by atomic mass is 32.2. The van der Waals surface area contributed by atoms with Gasteiger partial charge in [0.15, 0.2) is 0 Å². The molecule has 31 heavy (non-hydrogen) atoms. The number of hydrogen-bond acceptors (Lipinski definition) is 7. The third kappa shape index (κ3) is 4.38. The maximum Gasteiger partial charge on any atom is 0.293 e. The Hall–Kier alpha value is -1.91. The number of hydrogen-bond donors (Lipinski definition) is 1. The molecular formula is C21H23N3O4S3. The Kier molecular flexibility index (Phi) is 6.41. The van der Waals surface area contributed by atoms with E-state index >= 15 is 0 Å². The second-order valence-corrected chi connectivity index (χ2v) is 11.0. The molecule has 4 rings (SSSR count). The summed E-state index contributed by atoms with van der Waals surface area (Å²) >= 11 is 4.17. The number of nitrogens with one attached hydrogen (secondary N) is 1. The number of carbonyl (C=O) groups excluding carboxylic acids is 4. The Bertz CT molecular complexity index is 965. The molecule has 3 aliphatic heterocycles. The molecule has 3 fully saturated rings. The summed E-state index contributed by atoms with van der Waals surface area (Å²) in [5.74, 6) is -0.0117. The molecule has 3 heterocycles. The first-order valence-electron chi connectivity index (χ1n) is 9.96. The minimum absolute atomic E-state index is 0.00860. The van der Waals surface area contributed by atoms with Gasteiger partial charge in [0.25, 0.3) is 11.1 Å². The summed E-state index contributed by atoms with van der Waals surface area (Å²) < 4.78 is 0. The normalized spacial score (nSPS) is 26.8. The van der Waals surface area contributed by atoms with Crippen LogP contribution >= 0.6 is 35.3 Å². The van der Waals surface area contributed by atoms with E-state index in [2.05, 4.69) is 5.32 Å². The standard InChI is InChI=1S/C21H23N3O4S3/c1-21-8-7-17(25)24(21)15(12-30-21)18(26)22-9-10-23-19(27)16(31-20(23)28)11-13-3-5-14(29-2)6-4-13/h3-6,11,15H,7-10,12H2,1-2H3,(H,22,26). The largest absolute Gasteiger partial charge is 0.352 e. The molecule has 0 radical (unpaired) electrons. The van der Waals surface area contributed by atoms with Crippen LogP contribution in [0.5, 0.6) is 0 Å². The van der Waals surface area contributed by atoms with Crippen LogP contribution in [0.3, 0.4) is 0 Å². The van der Waals surface area contributed by atoms with Crippen LogP contribution < -0.4 is 5.32 Å². The molecule has 0 aliphatic carbocycles. The Balaban J connectivity index is 1.33. The lowest BCUT2D eigenvalue weighted by Crippen LogP contribution is -2.51. The van der Waals surface area contributed by atoms with Crippen molar-refractivity contribution >= 4 is 64.3 Å². The first-order chi connectivity index (χ1) is 14.8. The van der Waals surface area contributed by atoms with E-state index < -0.39 is 6.04 Å². The number of rotatable bonds is 6. The molecule has 4 amide bonds. The molecule has 3 saturated heterocycles. The van der Waals surface area contributed by atoms with Crippen LogP contribution in [0, 0.1) is 0 Å². The summed E-state index contributed by atoms with van der Waals surface area (Å²) in [7, 11) is 0. The summed E-state index contributed by atoms with van der Waals surface area (Å²) in [6, 6.07) is 7.26. The van der Waals surface area contributed by atoms with Crippen molar-refractivity contribution in [1.29, 1.82) is 0 Å². The van der Waals surface area contributed by atoms with Gasteiger partial charge in [0, 0.05) is 30.2 Å². The van der Waals surface area contributed by atoms with Gasteiger partial charge in [-0.15, -0.1) is 23.5 Å². The minimum Gasteiger partial charge on any atom is -0.352 e. The lowest BCUT2D eigenvalue weighted by molar-refractivity contribution is -0.137. The SMILES string of the molecule is CSc1ccc(C=C2SC(=O)N(CCNC(=O)C3CSC4(C)CCC(=O)N34)C2=O)cc1. The van der Waals surface area contributed by atoms with Crippen LogP contribution in [0.2, 0.25) is 0 Å². The number of benzene rings is 1. The van der Waals surface area contributed by atoms with E-state index in [1.165, 1.54) is 0 Å². The molecule has 0 spiro atoms. The maximum absolute atomic E-state index is 12.7. The maximum atomic E-state index is 12.7. The van der Waals surface area contributed by atoms with E-state index in [-0.39, 0.29) is 40.9 Å². The van der Waals surface area contributed by atoms with Crippen LogP contribution in [-0.2, 0) is 14.4 Å². The number of carbonyl (C=O) groups is 4. The van der Waals surface area contributed by atoms with E-state index in [0.29, 0.717) is 17.1 Å². The smallest absolute Gasteiger partial charge is 0.293 e. The molecule has 0 bridgehead atoms. The number of thioether (sulfide) groups is 3. The summed E-state index contributed by atoms with van der Waals surface area (Å²) in [6.07, 6.45) is 4.93. The molecule has 0 saturated carbocycles. The van der Waals surface area contributed by atoms with Crippen LogP contribution in [0.1, 0.15) is 25.3 Å². The van der Waals surface area contributed by atoms with Gasteiger partial charge < -0.3 is 10.2 Å². The predicted molar refractivity (Wildman–Crippen MR) is 125 cm³/mol. The minimum atomic E-state index is -0.496. The molecule has 164 valence electrons. The van der Waals surface area contributed by atoms with Crippen molar-refractivity contribution in [3.8, 4) is 0 Å². The van der Waals surface area contributed by atoms with Gasteiger partial charge in [0.1, 0.15) is 6.04 Å². The summed E-state index contributed by atoms with van der Waals surface area (Å²) in [5.41, 5.74) is 0.855. The molecule has 0 aromatic heterocycles. The Labute approximate surface area is 193 Å². The second-order valence-electron chi connectivity index (χ2n) is 7.66. The third-order valence-electron chi connectivity index (χ3n) is 5.67. The number of fused-ring (bicyclic) bond motifs is 1. The van der Waals surface area contributed by atoms with Crippen molar-refractivity contribution < 1.29 is 19.2 Å². The van der Waals surface area contributed by atoms with Crippen molar-refractivity contribution in [3.63, 3.8) is 0 Å². The highest BCUT2D eigenvalue weighted by Gasteiger charge is 2.52. The third-order valence-corrected chi connectivity index (χ3v) is 8.83.